The van der Waals surface area contributed by atoms with Gasteiger partial charge in [-0.2, -0.15) is 37.1 Å². The van der Waals surface area contributed by atoms with Gasteiger partial charge in [-0.15, -0.1) is 0 Å². The van der Waals surface area contributed by atoms with Crippen LogP contribution in [-0.4, -0.2) is 76.3 Å². The summed E-state index contributed by atoms with van der Waals surface area (Å²) in [7, 11) is -2.18. The average Bonchev–Trinajstić information content (AvgIpc) is 3.85. The lowest BCUT2D eigenvalue weighted by atomic mass is 9.73. The van der Waals surface area contributed by atoms with Crippen molar-refractivity contribution in [3.8, 4) is 11.1 Å². The Morgan fingerprint density at radius 2 is 1.77 bits per heavy atom. The number of benzene rings is 2. The number of thiazole rings is 1. The molecule has 4 aromatic heterocycles. The summed E-state index contributed by atoms with van der Waals surface area (Å²) < 4.78 is 133. The molecule has 2 aromatic carbocycles. The molecule has 5 heterocycles. The monoisotopic (exact) mass is 876 g/mol. The van der Waals surface area contributed by atoms with E-state index in [0.717, 1.165) is 18.4 Å². The third-order valence-corrected chi connectivity index (χ3v) is 12.8. The first-order valence-corrected chi connectivity index (χ1v) is 21.6. The standard InChI is InChI=1S/C38H35F7N10O3S2/c1-53-31-21(4-3-5-23(31)34(51-53)52-60(2,57)58)24-16-27-35(49-36(59-27)54-10-8-46-9-11-54)48-30(24)26(14-18-12-19(39)15-20(40)13-18)47-28(56)17-55-33-29(32(50-55)38(43,44)45)22-6-7-25(22)37(33,41)42/h3-5,12-13,15-16,22,25-26,46H,6-11,14,17H2,1-2H3,(H,47,56)(H,51,52)/t22-,25+,26-/m0/s1. The fourth-order valence-electron chi connectivity index (χ4n) is 8.66. The summed E-state index contributed by atoms with van der Waals surface area (Å²) in [5.41, 5.74) is -1.35. The van der Waals surface area contributed by atoms with Crippen LogP contribution in [0.25, 0.3) is 32.4 Å². The summed E-state index contributed by atoms with van der Waals surface area (Å²) in [5, 5.41) is 15.0. The zero-order valence-corrected chi connectivity index (χ0v) is 33.4. The molecule has 1 aliphatic heterocycles. The van der Waals surface area contributed by atoms with Crippen molar-refractivity contribution in [3.63, 3.8) is 0 Å². The molecule has 2 fully saturated rings. The number of carbonyl (C=O) groups is 1. The van der Waals surface area contributed by atoms with E-state index in [1.54, 1.807) is 31.3 Å². The highest BCUT2D eigenvalue weighted by molar-refractivity contribution is 7.92. The van der Waals surface area contributed by atoms with Gasteiger partial charge in [0.2, 0.25) is 15.9 Å². The molecule has 3 aliphatic rings. The minimum Gasteiger partial charge on any atom is -0.346 e. The maximum atomic E-state index is 15.7. The molecule has 60 heavy (non-hydrogen) atoms. The topological polar surface area (TPSA) is 152 Å². The zero-order valence-electron chi connectivity index (χ0n) is 31.7. The fourth-order valence-corrected chi connectivity index (χ4v) is 10.2. The molecule has 1 amide bonds. The van der Waals surface area contributed by atoms with Gasteiger partial charge in [0.05, 0.1) is 28.2 Å². The molecule has 0 radical (unpaired) electrons. The molecule has 13 nitrogen and oxygen atoms in total. The molecular weight excluding hydrogens is 842 g/mol. The number of carbonyl (C=O) groups excluding carboxylic acids is 1. The van der Waals surface area contributed by atoms with Crippen LogP contribution in [0.4, 0.5) is 41.7 Å². The Morgan fingerprint density at radius 1 is 1.03 bits per heavy atom. The normalized spacial score (nSPS) is 19.3. The van der Waals surface area contributed by atoms with Gasteiger partial charge in [0.25, 0.3) is 5.92 Å². The number of hydrogen-bond acceptors (Lipinski definition) is 10. The largest absolute Gasteiger partial charge is 0.435 e. The highest BCUT2D eigenvalue weighted by Gasteiger charge is 2.63. The number of fused-ring (bicyclic) bond motifs is 5. The van der Waals surface area contributed by atoms with Gasteiger partial charge in [0.15, 0.2) is 22.3 Å². The van der Waals surface area contributed by atoms with E-state index in [2.05, 4.69) is 30.5 Å². The number of pyridine rings is 1. The van der Waals surface area contributed by atoms with Crippen LogP contribution in [-0.2, 0) is 46.9 Å². The number of sulfonamides is 1. The van der Waals surface area contributed by atoms with E-state index in [4.69, 9.17) is 9.97 Å². The van der Waals surface area contributed by atoms with Crippen molar-refractivity contribution in [1.82, 2.24) is 40.2 Å². The number of nitrogens with zero attached hydrogens (tertiary/aromatic N) is 7. The molecule has 6 aromatic rings. The van der Waals surface area contributed by atoms with Crippen molar-refractivity contribution in [2.75, 3.05) is 42.1 Å². The lowest BCUT2D eigenvalue weighted by molar-refractivity contribution is -0.144. The van der Waals surface area contributed by atoms with Crippen molar-refractivity contribution in [1.29, 1.82) is 0 Å². The van der Waals surface area contributed by atoms with Crippen LogP contribution < -0.4 is 20.3 Å². The number of aryl methyl sites for hydroxylation is 1. The van der Waals surface area contributed by atoms with Crippen molar-refractivity contribution in [2.45, 2.75) is 49.9 Å². The molecular formula is C38H35F7N10O3S2. The fraction of sp³-hybridized carbons (Fsp3) is 0.395. The summed E-state index contributed by atoms with van der Waals surface area (Å²) in [5.74, 6) is -8.92. The van der Waals surface area contributed by atoms with Crippen LogP contribution in [0.15, 0.2) is 42.5 Å². The predicted octanol–water partition coefficient (Wildman–Crippen LogP) is 6.22. The number of amides is 1. The maximum absolute atomic E-state index is 15.7. The molecule has 22 heteroatoms. The molecule has 1 saturated heterocycles. The van der Waals surface area contributed by atoms with E-state index in [9.17, 15) is 35.2 Å². The van der Waals surface area contributed by atoms with Crippen molar-refractivity contribution in [3.05, 3.63) is 82.3 Å². The van der Waals surface area contributed by atoms with Crippen molar-refractivity contribution >= 4 is 59.5 Å². The third-order valence-electron chi connectivity index (χ3n) is 11.2. The number of alkyl halides is 5. The SMILES string of the molecule is Cn1nc(NS(C)(=O)=O)c2cccc(-c3cc4sc(N5CCNCC5)nc4nc3[C@H](Cc3cc(F)cc(F)c3)NC(=O)Cn3nc(C(F)(F)F)c4c3C(F)(F)[C@@H]3CC[C@H]43)c21. The molecule has 0 unspecified atom stereocenters. The number of piperazine rings is 1. The van der Waals surface area contributed by atoms with Crippen molar-refractivity contribution < 1.29 is 43.9 Å². The van der Waals surface area contributed by atoms with Crippen LogP contribution in [0.5, 0.6) is 0 Å². The highest BCUT2D eigenvalue weighted by Crippen LogP contribution is 2.64. The highest BCUT2D eigenvalue weighted by atomic mass is 32.2. The second-order valence-electron chi connectivity index (χ2n) is 15.3. The Hall–Kier alpha value is -5.35. The molecule has 9 rings (SSSR count). The molecule has 0 spiro atoms. The number of rotatable bonds is 10. The van der Waals surface area contributed by atoms with Crippen LogP contribution in [0.3, 0.4) is 0 Å². The lowest BCUT2D eigenvalue weighted by Gasteiger charge is -2.34. The Balaban J connectivity index is 1.20. The number of halogens is 7. The second-order valence-corrected chi connectivity index (χ2v) is 18.1. The number of nitrogens with one attached hydrogen (secondary N) is 3. The first-order valence-electron chi connectivity index (χ1n) is 18.9. The minimum absolute atomic E-state index is 0.0151. The molecule has 1 saturated carbocycles. The smallest absolute Gasteiger partial charge is 0.346 e. The minimum atomic E-state index is -5.06. The van der Waals surface area contributed by atoms with E-state index in [1.165, 1.54) is 16.0 Å². The Bertz CT molecular complexity index is 2800. The van der Waals surface area contributed by atoms with Gasteiger partial charge in [-0.1, -0.05) is 23.5 Å². The van der Waals surface area contributed by atoms with Gasteiger partial charge in [-0.25, -0.2) is 22.2 Å². The zero-order chi connectivity index (χ0) is 42.5. The Labute approximate surface area is 341 Å². The van der Waals surface area contributed by atoms with Crippen LogP contribution in [0.2, 0.25) is 0 Å². The van der Waals surface area contributed by atoms with E-state index < -0.39 is 81.0 Å². The van der Waals surface area contributed by atoms with Gasteiger partial charge >= 0.3 is 6.18 Å². The van der Waals surface area contributed by atoms with Gasteiger partial charge in [0, 0.05) is 67.3 Å². The number of para-hydroxylation sites is 1. The summed E-state index contributed by atoms with van der Waals surface area (Å²) in [6, 6.07) is 8.22. The van der Waals surface area contributed by atoms with Gasteiger partial charge in [-0.05, 0) is 55.0 Å². The third kappa shape index (κ3) is 7.10. The van der Waals surface area contributed by atoms with Gasteiger partial charge < -0.3 is 15.5 Å². The Kier molecular flexibility index (Phi) is 9.61. The summed E-state index contributed by atoms with van der Waals surface area (Å²) in [6.07, 6.45) is -4.27. The lowest BCUT2D eigenvalue weighted by Crippen LogP contribution is -2.43. The molecule has 2 aliphatic carbocycles. The van der Waals surface area contributed by atoms with E-state index in [0.29, 0.717) is 68.8 Å². The summed E-state index contributed by atoms with van der Waals surface area (Å²) in [6.45, 7) is 1.69. The second kappa shape index (κ2) is 14.4. The van der Waals surface area contributed by atoms with Gasteiger partial charge in [-0.3, -0.25) is 18.9 Å². The summed E-state index contributed by atoms with van der Waals surface area (Å²) >= 11 is 1.35. The molecule has 3 N–H and O–H groups in total. The van der Waals surface area contributed by atoms with Gasteiger partial charge in [0.1, 0.15) is 23.9 Å². The van der Waals surface area contributed by atoms with E-state index >= 15 is 8.78 Å². The first-order chi connectivity index (χ1) is 28.4. The van der Waals surface area contributed by atoms with Crippen LogP contribution >= 0.6 is 11.3 Å². The first kappa shape index (κ1) is 40.1. The predicted molar refractivity (Wildman–Crippen MR) is 208 cm³/mol. The van der Waals surface area contributed by atoms with Crippen molar-refractivity contribution in [2.24, 2.45) is 13.0 Å². The Morgan fingerprint density at radius 3 is 2.43 bits per heavy atom. The quantitative estimate of drug-likeness (QED) is 0.136. The number of anilines is 2. The van der Waals surface area contributed by atoms with E-state index in [-0.39, 0.29) is 42.0 Å². The van der Waals surface area contributed by atoms with Crippen LogP contribution in [0, 0.1) is 17.6 Å². The average molecular weight is 877 g/mol. The molecule has 0 bridgehead atoms. The number of aromatic nitrogens is 6. The van der Waals surface area contributed by atoms with E-state index in [1.807, 2.05) is 0 Å². The number of hydrogen-bond donors (Lipinski definition) is 3. The molecule has 3 atom stereocenters. The van der Waals surface area contributed by atoms with Crippen LogP contribution in [0.1, 0.15) is 53.0 Å². The maximum Gasteiger partial charge on any atom is 0.435 e. The summed E-state index contributed by atoms with van der Waals surface area (Å²) in [4.78, 5) is 25.9. The molecule has 316 valence electrons.